The van der Waals surface area contributed by atoms with Gasteiger partial charge >= 0.3 is 0 Å². The van der Waals surface area contributed by atoms with E-state index in [1.54, 1.807) is 12.4 Å². The molecule has 134 valence electrons. The number of aromatic nitrogens is 2. The summed E-state index contributed by atoms with van der Waals surface area (Å²) < 4.78 is 0. The number of carbonyl (C=O) groups is 1. The molecule has 4 heteroatoms. The van der Waals surface area contributed by atoms with E-state index in [2.05, 4.69) is 22.2 Å². The van der Waals surface area contributed by atoms with E-state index in [4.69, 9.17) is 0 Å². The third-order valence-electron chi connectivity index (χ3n) is 4.76. The molecule has 0 saturated carbocycles. The number of anilines is 1. The molecule has 2 aromatic carbocycles. The summed E-state index contributed by atoms with van der Waals surface area (Å²) in [6, 6.07) is 19.2. The normalized spacial score (nSPS) is 12.0. The number of rotatable bonds is 6. The lowest BCUT2D eigenvalue weighted by atomic mass is 9.96. The van der Waals surface area contributed by atoms with E-state index in [9.17, 15) is 4.79 Å². The van der Waals surface area contributed by atoms with Crippen molar-refractivity contribution in [3.8, 4) is 0 Å². The minimum absolute atomic E-state index is 0.0283. The fourth-order valence-electron chi connectivity index (χ4n) is 3.30. The van der Waals surface area contributed by atoms with Crippen LogP contribution in [0.4, 0.5) is 5.69 Å². The van der Waals surface area contributed by atoms with Gasteiger partial charge in [-0.15, -0.1) is 0 Å². The summed E-state index contributed by atoms with van der Waals surface area (Å²) in [6.45, 7) is 2.09. The SMILES string of the molecule is CCc1cncc(NC(C(=O)c2c[nH]c3ccccc23)c2ccccc2)c1. The lowest BCUT2D eigenvalue weighted by molar-refractivity contribution is 0.0971. The summed E-state index contributed by atoms with van der Waals surface area (Å²) in [5, 5.41) is 4.33. The lowest BCUT2D eigenvalue weighted by Gasteiger charge is -2.19. The van der Waals surface area contributed by atoms with Crippen LogP contribution in [0.25, 0.3) is 10.9 Å². The smallest absolute Gasteiger partial charge is 0.191 e. The van der Waals surface area contributed by atoms with Gasteiger partial charge in [0.25, 0.3) is 0 Å². The monoisotopic (exact) mass is 355 g/mol. The fourth-order valence-corrected chi connectivity index (χ4v) is 3.30. The van der Waals surface area contributed by atoms with Crippen molar-refractivity contribution >= 4 is 22.4 Å². The number of H-pyrrole nitrogens is 1. The Kier molecular flexibility index (Phi) is 4.71. The van der Waals surface area contributed by atoms with Gasteiger partial charge in [0.05, 0.1) is 5.69 Å². The third-order valence-corrected chi connectivity index (χ3v) is 4.76. The number of Topliss-reactive ketones (excluding diaryl/α,β-unsaturated/α-hetero) is 1. The van der Waals surface area contributed by atoms with Gasteiger partial charge in [-0.05, 0) is 29.7 Å². The molecule has 0 aliphatic carbocycles. The lowest BCUT2D eigenvalue weighted by Crippen LogP contribution is -2.21. The second-order valence-electron chi connectivity index (χ2n) is 6.54. The van der Waals surface area contributed by atoms with E-state index in [1.807, 2.05) is 66.9 Å². The molecule has 0 radical (unpaired) electrons. The van der Waals surface area contributed by atoms with Crippen molar-refractivity contribution in [2.75, 3.05) is 5.32 Å². The second kappa shape index (κ2) is 7.46. The quantitative estimate of drug-likeness (QED) is 0.470. The largest absolute Gasteiger partial charge is 0.370 e. The molecule has 0 fully saturated rings. The highest BCUT2D eigenvalue weighted by Gasteiger charge is 2.24. The van der Waals surface area contributed by atoms with Crippen LogP contribution < -0.4 is 5.32 Å². The zero-order chi connectivity index (χ0) is 18.6. The van der Waals surface area contributed by atoms with Crippen molar-refractivity contribution in [3.05, 3.63) is 95.9 Å². The van der Waals surface area contributed by atoms with Crippen LogP contribution in [0, 0.1) is 0 Å². The standard InChI is InChI=1S/C23H21N3O/c1-2-16-12-18(14-24-13-16)26-22(17-8-4-3-5-9-17)23(27)20-15-25-21-11-7-6-10-19(20)21/h3-15,22,25-26H,2H2,1H3. The summed E-state index contributed by atoms with van der Waals surface area (Å²) in [4.78, 5) is 21.0. The number of carbonyl (C=O) groups excluding carboxylic acids is 1. The Labute approximate surface area is 158 Å². The first-order valence-electron chi connectivity index (χ1n) is 9.12. The number of para-hydroxylation sites is 1. The Morgan fingerprint density at radius 2 is 1.85 bits per heavy atom. The van der Waals surface area contributed by atoms with Crippen LogP contribution in [0.2, 0.25) is 0 Å². The van der Waals surface area contributed by atoms with E-state index in [1.165, 1.54) is 0 Å². The fraction of sp³-hybridized carbons (Fsp3) is 0.130. The van der Waals surface area contributed by atoms with Gasteiger partial charge in [0.1, 0.15) is 6.04 Å². The summed E-state index contributed by atoms with van der Waals surface area (Å²) >= 11 is 0. The molecule has 0 bridgehead atoms. The maximum absolute atomic E-state index is 13.5. The maximum atomic E-state index is 13.5. The van der Waals surface area contributed by atoms with Crippen LogP contribution in [-0.2, 0) is 6.42 Å². The van der Waals surface area contributed by atoms with E-state index in [0.29, 0.717) is 5.56 Å². The Morgan fingerprint density at radius 3 is 2.67 bits per heavy atom. The molecule has 1 unspecified atom stereocenters. The highest BCUT2D eigenvalue weighted by Crippen LogP contribution is 2.27. The molecule has 2 aromatic heterocycles. The Hall–Kier alpha value is -3.40. The van der Waals surface area contributed by atoms with Crippen molar-refractivity contribution in [2.45, 2.75) is 19.4 Å². The van der Waals surface area contributed by atoms with Crippen molar-refractivity contribution in [2.24, 2.45) is 0 Å². The van der Waals surface area contributed by atoms with Gasteiger partial charge < -0.3 is 10.3 Å². The Balaban J connectivity index is 1.74. The maximum Gasteiger partial charge on any atom is 0.191 e. The van der Waals surface area contributed by atoms with E-state index in [0.717, 1.165) is 34.1 Å². The van der Waals surface area contributed by atoms with Gasteiger partial charge in [-0.25, -0.2) is 0 Å². The zero-order valence-corrected chi connectivity index (χ0v) is 15.1. The molecule has 2 heterocycles. The highest BCUT2D eigenvalue weighted by atomic mass is 16.1. The zero-order valence-electron chi connectivity index (χ0n) is 15.1. The van der Waals surface area contributed by atoms with Crippen LogP contribution >= 0.6 is 0 Å². The van der Waals surface area contributed by atoms with Crippen LogP contribution in [0.5, 0.6) is 0 Å². The van der Waals surface area contributed by atoms with Crippen molar-refractivity contribution in [1.29, 1.82) is 0 Å². The Morgan fingerprint density at radius 1 is 1.07 bits per heavy atom. The summed E-state index contributed by atoms with van der Waals surface area (Å²) in [6.07, 6.45) is 6.31. The molecule has 27 heavy (non-hydrogen) atoms. The molecule has 1 atom stereocenters. The predicted molar refractivity (Wildman–Crippen MR) is 109 cm³/mol. The van der Waals surface area contributed by atoms with Gasteiger partial charge in [0.15, 0.2) is 5.78 Å². The van der Waals surface area contributed by atoms with Crippen LogP contribution in [0.3, 0.4) is 0 Å². The van der Waals surface area contributed by atoms with Crippen molar-refractivity contribution in [1.82, 2.24) is 9.97 Å². The van der Waals surface area contributed by atoms with Crippen molar-refractivity contribution < 1.29 is 4.79 Å². The van der Waals surface area contributed by atoms with Crippen LogP contribution in [0.1, 0.15) is 34.5 Å². The number of benzene rings is 2. The van der Waals surface area contributed by atoms with E-state index in [-0.39, 0.29) is 5.78 Å². The van der Waals surface area contributed by atoms with Gasteiger partial charge in [-0.1, -0.05) is 55.5 Å². The average Bonchev–Trinajstić information content (AvgIpc) is 3.16. The third kappa shape index (κ3) is 3.47. The average molecular weight is 355 g/mol. The van der Waals surface area contributed by atoms with Crippen LogP contribution in [0.15, 0.2) is 79.3 Å². The number of hydrogen-bond donors (Lipinski definition) is 2. The number of fused-ring (bicyclic) bond motifs is 1. The molecule has 0 amide bonds. The minimum atomic E-state index is -0.487. The molecule has 0 aliphatic rings. The molecule has 0 spiro atoms. The number of pyridine rings is 1. The van der Waals surface area contributed by atoms with Gasteiger partial charge in [0.2, 0.25) is 0 Å². The first kappa shape index (κ1) is 17.0. The number of nitrogens with zero attached hydrogens (tertiary/aromatic N) is 1. The highest BCUT2D eigenvalue weighted by molar-refractivity contribution is 6.11. The van der Waals surface area contributed by atoms with Crippen LogP contribution in [-0.4, -0.2) is 15.8 Å². The first-order valence-corrected chi connectivity index (χ1v) is 9.12. The summed E-state index contributed by atoms with van der Waals surface area (Å²) in [7, 11) is 0. The molecule has 2 N–H and O–H groups in total. The molecule has 0 aliphatic heterocycles. The van der Waals surface area contributed by atoms with E-state index >= 15 is 0 Å². The molecule has 0 saturated heterocycles. The Bertz CT molecular complexity index is 1070. The molecular formula is C23H21N3O. The van der Waals surface area contributed by atoms with Gasteiger partial charge in [0, 0.05) is 35.1 Å². The van der Waals surface area contributed by atoms with Crippen molar-refractivity contribution in [3.63, 3.8) is 0 Å². The number of aromatic amines is 1. The molecule has 4 nitrogen and oxygen atoms in total. The predicted octanol–water partition coefficient (Wildman–Crippen LogP) is 5.16. The number of ketones is 1. The molecule has 4 rings (SSSR count). The number of aryl methyl sites for hydroxylation is 1. The molecule has 4 aromatic rings. The number of hydrogen-bond acceptors (Lipinski definition) is 3. The van der Waals surface area contributed by atoms with Gasteiger partial charge in [-0.2, -0.15) is 0 Å². The second-order valence-corrected chi connectivity index (χ2v) is 6.54. The molecular weight excluding hydrogens is 334 g/mol. The number of nitrogens with one attached hydrogen (secondary N) is 2. The topological polar surface area (TPSA) is 57.8 Å². The van der Waals surface area contributed by atoms with Gasteiger partial charge in [-0.3, -0.25) is 9.78 Å². The first-order chi connectivity index (χ1) is 13.3. The summed E-state index contributed by atoms with van der Waals surface area (Å²) in [5.41, 5.74) is 4.55. The van der Waals surface area contributed by atoms with E-state index < -0.39 is 6.04 Å². The summed E-state index contributed by atoms with van der Waals surface area (Å²) in [5.74, 6) is 0.0283. The minimum Gasteiger partial charge on any atom is -0.370 e.